The molecule has 1 aliphatic carbocycles. The molecule has 0 unspecified atom stereocenters. The second-order valence-corrected chi connectivity index (χ2v) is 3.56. The fraction of sp³-hybridized carbons (Fsp3) is 0.750. The molecule has 1 atom stereocenters. The van der Waals surface area contributed by atoms with Crippen molar-refractivity contribution in [3.63, 3.8) is 0 Å². The van der Waals surface area contributed by atoms with Gasteiger partial charge in [0.25, 0.3) is 0 Å². The third-order valence-electron chi connectivity index (χ3n) is 2.26. The lowest BCUT2D eigenvalue weighted by atomic mass is 10.4. The number of carboxylic acid groups (broad SMARTS) is 1. The van der Waals surface area contributed by atoms with Crippen LogP contribution in [-0.4, -0.2) is 37.4 Å². The van der Waals surface area contributed by atoms with Crippen LogP contribution >= 0.6 is 0 Å². The molecule has 7 heteroatoms. The number of carbonyl (C=O) groups is 1. The molecule has 0 amide bonds. The summed E-state index contributed by atoms with van der Waals surface area (Å²) in [6, 6.07) is 0.374. The molecule has 15 heavy (non-hydrogen) atoms. The van der Waals surface area contributed by atoms with Crippen molar-refractivity contribution in [3.8, 4) is 0 Å². The summed E-state index contributed by atoms with van der Waals surface area (Å²) in [5.41, 5.74) is 0. The smallest absolute Gasteiger partial charge is 0.332 e. The van der Waals surface area contributed by atoms with Crippen LogP contribution in [0.5, 0.6) is 0 Å². The molecule has 82 valence electrons. The van der Waals surface area contributed by atoms with Crippen LogP contribution in [0.4, 0.5) is 0 Å². The highest BCUT2D eigenvalue weighted by atomic mass is 16.5. The van der Waals surface area contributed by atoms with Crippen molar-refractivity contribution < 1.29 is 14.6 Å². The maximum absolute atomic E-state index is 10.5. The predicted octanol–water partition coefficient (Wildman–Crippen LogP) is -0.00230. The molecular formula is C8H12N4O3. The van der Waals surface area contributed by atoms with Gasteiger partial charge >= 0.3 is 5.97 Å². The Morgan fingerprint density at radius 1 is 1.73 bits per heavy atom. The summed E-state index contributed by atoms with van der Waals surface area (Å²) in [7, 11) is 0. The van der Waals surface area contributed by atoms with E-state index in [9.17, 15) is 4.79 Å². The topological polar surface area (TPSA) is 90.1 Å². The molecule has 7 nitrogen and oxygen atoms in total. The van der Waals surface area contributed by atoms with Gasteiger partial charge in [0.1, 0.15) is 6.61 Å². The molecule has 0 spiro atoms. The molecule has 1 fully saturated rings. The molecule has 0 radical (unpaired) electrons. The molecule has 0 aromatic carbocycles. The molecule has 2 rings (SSSR count). The monoisotopic (exact) mass is 212 g/mol. The lowest BCUT2D eigenvalue weighted by Gasteiger charge is -2.07. The van der Waals surface area contributed by atoms with Crippen LogP contribution in [0.1, 0.15) is 31.6 Å². The molecule has 1 aromatic rings. The Morgan fingerprint density at radius 3 is 3.07 bits per heavy atom. The summed E-state index contributed by atoms with van der Waals surface area (Å²) in [5, 5.41) is 19.8. The number of hydrogen-bond donors (Lipinski definition) is 1. The van der Waals surface area contributed by atoms with Crippen molar-refractivity contribution in [2.75, 3.05) is 0 Å². The zero-order chi connectivity index (χ0) is 10.8. The number of ether oxygens (including phenoxy) is 1. The van der Waals surface area contributed by atoms with Crippen molar-refractivity contribution >= 4 is 5.97 Å². The SMILES string of the molecule is C[C@H](OCc1nnnn1C1CC1)C(=O)O. The van der Waals surface area contributed by atoms with E-state index in [4.69, 9.17) is 9.84 Å². The van der Waals surface area contributed by atoms with E-state index in [1.807, 2.05) is 0 Å². The maximum Gasteiger partial charge on any atom is 0.332 e. The molecular weight excluding hydrogens is 200 g/mol. The van der Waals surface area contributed by atoms with Gasteiger partial charge in [-0.15, -0.1) is 5.10 Å². The quantitative estimate of drug-likeness (QED) is 0.738. The van der Waals surface area contributed by atoms with Crippen LogP contribution < -0.4 is 0 Å². The number of nitrogens with zero attached hydrogens (tertiary/aromatic N) is 4. The average Bonchev–Trinajstić information content (AvgIpc) is 2.94. The molecule has 1 aliphatic rings. The van der Waals surface area contributed by atoms with Gasteiger partial charge in [0.05, 0.1) is 6.04 Å². The van der Waals surface area contributed by atoms with Crippen LogP contribution in [-0.2, 0) is 16.1 Å². The van der Waals surface area contributed by atoms with Gasteiger partial charge in [0.15, 0.2) is 11.9 Å². The Morgan fingerprint density at radius 2 is 2.47 bits per heavy atom. The first-order chi connectivity index (χ1) is 7.18. The van der Waals surface area contributed by atoms with Crippen LogP contribution in [0.2, 0.25) is 0 Å². The van der Waals surface area contributed by atoms with Crippen LogP contribution in [0.15, 0.2) is 0 Å². The molecule has 1 saturated carbocycles. The Bertz CT molecular complexity index is 361. The molecule has 0 saturated heterocycles. The minimum absolute atomic E-state index is 0.136. The third-order valence-corrected chi connectivity index (χ3v) is 2.26. The van der Waals surface area contributed by atoms with Gasteiger partial charge in [-0.3, -0.25) is 0 Å². The Balaban J connectivity index is 1.92. The van der Waals surface area contributed by atoms with E-state index in [1.54, 1.807) is 4.68 Å². The van der Waals surface area contributed by atoms with Gasteiger partial charge in [-0.05, 0) is 30.2 Å². The summed E-state index contributed by atoms with van der Waals surface area (Å²) in [6.07, 6.45) is 1.31. The zero-order valence-electron chi connectivity index (χ0n) is 8.33. The van der Waals surface area contributed by atoms with Crippen molar-refractivity contribution in [2.45, 2.75) is 38.5 Å². The highest BCUT2D eigenvalue weighted by Gasteiger charge is 2.28. The summed E-state index contributed by atoms with van der Waals surface area (Å²) in [6.45, 7) is 1.62. The summed E-state index contributed by atoms with van der Waals surface area (Å²) >= 11 is 0. The first-order valence-electron chi connectivity index (χ1n) is 4.79. The van der Waals surface area contributed by atoms with Gasteiger partial charge < -0.3 is 9.84 Å². The fourth-order valence-electron chi connectivity index (χ4n) is 1.18. The van der Waals surface area contributed by atoms with E-state index >= 15 is 0 Å². The van der Waals surface area contributed by atoms with Gasteiger partial charge in [0.2, 0.25) is 0 Å². The number of hydrogen-bond acceptors (Lipinski definition) is 5. The molecule has 1 aromatic heterocycles. The van der Waals surface area contributed by atoms with Crippen LogP contribution in [0.25, 0.3) is 0 Å². The average molecular weight is 212 g/mol. The Hall–Kier alpha value is -1.50. The Kier molecular flexibility index (Phi) is 2.63. The first kappa shape index (κ1) is 10.0. The number of rotatable bonds is 5. The summed E-state index contributed by atoms with van der Waals surface area (Å²) in [5.74, 6) is -0.397. The van der Waals surface area contributed by atoms with Crippen molar-refractivity contribution in [3.05, 3.63) is 5.82 Å². The number of tetrazole rings is 1. The number of aromatic nitrogens is 4. The van der Waals surface area contributed by atoms with E-state index in [0.717, 1.165) is 12.8 Å². The molecule has 0 bridgehead atoms. The highest BCUT2D eigenvalue weighted by Crippen LogP contribution is 2.34. The van der Waals surface area contributed by atoms with Crippen LogP contribution in [0, 0.1) is 0 Å². The minimum atomic E-state index is -0.986. The van der Waals surface area contributed by atoms with E-state index in [-0.39, 0.29) is 6.61 Å². The van der Waals surface area contributed by atoms with E-state index < -0.39 is 12.1 Å². The van der Waals surface area contributed by atoms with Gasteiger partial charge in [-0.25, -0.2) is 9.48 Å². The van der Waals surface area contributed by atoms with E-state index in [0.29, 0.717) is 11.9 Å². The van der Waals surface area contributed by atoms with E-state index in [1.165, 1.54) is 6.92 Å². The molecule has 0 aliphatic heterocycles. The zero-order valence-corrected chi connectivity index (χ0v) is 8.33. The predicted molar refractivity (Wildman–Crippen MR) is 48.0 cm³/mol. The van der Waals surface area contributed by atoms with Gasteiger partial charge in [0, 0.05) is 0 Å². The first-order valence-corrected chi connectivity index (χ1v) is 4.79. The highest BCUT2D eigenvalue weighted by molar-refractivity contribution is 5.71. The Labute approximate surface area is 86.0 Å². The second kappa shape index (κ2) is 3.93. The van der Waals surface area contributed by atoms with Gasteiger partial charge in [-0.2, -0.15) is 0 Å². The normalized spacial score (nSPS) is 17.7. The summed E-state index contributed by atoms with van der Waals surface area (Å²) < 4.78 is 6.81. The number of carboxylic acids is 1. The van der Waals surface area contributed by atoms with Crippen molar-refractivity contribution in [1.29, 1.82) is 0 Å². The number of aliphatic carboxylic acids is 1. The lowest BCUT2D eigenvalue weighted by Crippen LogP contribution is -2.20. The largest absolute Gasteiger partial charge is 0.479 e. The standard InChI is InChI=1S/C8H12N4O3/c1-5(8(13)14)15-4-7-9-10-11-12(7)6-2-3-6/h5-6H,2-4H2,1H3,(H,13,14)/t5-/m0/s1. The molecule has 1 heterocycles. The van der Waals surface area contributed by atoms with Crippen molar-refractivity contribution in [2.24, 2.45) is 0 Å². The van der Waals surface area contributed by atoms with Gasteiger partial charge in [-0.1, -0.05) is 0 Å². The minimum Gasteiger partial charge on any atom is -0.479 e. The van der Waals surface area contributed by atoms with Crippen LogP contribution in [0.3, 0.4) is 0 Å². The fourth-order valence-corrected chi connectivity index (χ4v) is 1.18. The van der Waals surface area contributed by atoms with E-state index in [2.05, 4.69) is 15.5 Å². The third kappa shape index (κ3) is 2.30. The van der Waals surface area contributed by atoms with Crippen molar-refractivity contribution in [1.82, 2.24) is 20.2 Å². The summed E-state index contributed by atoms with van der Waals surface area (Å²) in [4.78, 5) is 10.5. The maximum atomic E-state index is 10.5. The lowest BCUT2D eigenvalue weighted by molar-refractivity contribution is -0.150. The second-order valence-electron chi connectivity index (χ2n) is 3.56. The molecule has 1 N–H and O–H groups in total.